The Hall–Kier alpha value is -2.33. The number of nitrogens with zero attached hydrogens (tertiary/aromatic N) is 2. The van der Waals surface area contributed by atoms with Gasteiger partial charge in [0.2, 0.25) is 6.17 Å². The Morgan fingerprint density at radius 2 is 1.88 bits per heavy atom. The van der Waals surface area contributed by atoms with Crippen LogP contribution < -0.4 is 0 Å². The molecule has 2 aliphatic rings. The molecule has 0 unspecified atom stereocenters. The number of alkyl halides is 1. The van der Waals surface area contributed by atoms with Gasteiger partial charge in [-0.3, -0.25) is 9.69 Å². The van der Waals surface area contributed by atoms with Gasteiger partial charge in [-0.25, -0.2) is 18.9 Å². The van der Waals surface area contributed by atoms with E-state index in [0.717, 1.165) is 0 Å². The number of amides is 3. The fraction of sp³-hybridized carbons (Fsp3) is 0.609. The maximum Gasteiger partial charge on any atom is 0.417 e. The molecule has 0 spiro atoms. The fourth-order valence-corrected chi connectivity index (χ4v) is 5.34. The first-order valence-electron chi connectivity index (χ1n) is 10.8. The number of carbonyl (C=O) groups is 3. The maximum absolute atomic E-state index is 15.4. The number of carbonyl (C=O) groups excluding carboxylic acids is 3. The van der Waals surface area contributed by atoms with Gasteiger partial charge in [0.15, 0.2) is 0 Å². The molecule has 1 N–H and O–H groups in total. The number of ether oxygens (including phenoxy) is 2. The Labute approximate surface area is 197 Å². The SMILES string of the molecule is C[C@H]1[C@@H](c2ccccc2)OC(=O)N1C(=O)[C@@H](F)[C@H](O)[C@@H]1CSC(C)(C)N1C(=O)OC(C)(C)C. The van der Waals surface area contributed by atoms with E-state index in [1.165, 1.54) is 16.7 Å². The smallest absolute Gasteiger partial charge is 0.417 e. The van der Waals surface area contributed by atoms with Gasteiger partial charge < -0.3 is 14.6 Å². The number of hydrogen-bond acceptors (Lipinski definition) is 7. The van der Waals surface area contributed by atoms with Crippen LogP contribution in [0.5, 0.6) is 0 Å². The minimum Gasteiger partial charge on any atom is -0.444 e. The summed E-state index contributed by atoms with van der Waals surface area (Å²) in [6.45, 7) is 10.2. The summed E-state index contributed by atoms with van der Waals surface area (Å²) >= 11 is 1.34. The normalized spacial score (nSPS) is 26.7. The predicted octanol–water partition coefficient (Wildman–Crippen LogP) is 3.88. The van der Waals surface area contributed by atoms with E-state index in [2.05, 4.69) is 0 Å². The van der Waals surface area contributed by atoms with Gasteiger partial charge in [-0.2, -0.15) is 0 Å². The number of aliphatic hydroxyl groups excluding tert-OH is 1. The van der Waals surface area contributed by atoms with Gasteiger partial charge >= 0.3 is 12.2 Å². The molecule has 2 aliphatic heterocycles. The van der Waals surface area contributed by atoms with E-state index < -0.39 is 59.0 Å². The lowest BCUT2D eigenvalue weighted by atomic mass is 10.0. The largest absolute Gasteiger partial charge is 0.444 e. The molecule has 0 saturated carbocycles. The molecule has 2 fully saturated rings. The van der Waals surface area contributed by atoms with Crippen molar-refractivity contribution >= 4 is 29.9 Å². The van der Waals surface area contributed by atoms with Crippen LogP contribution >= 0.6 is 11.8 Å². The number of thioether (sulfide) groups is 1. The van der Waals surface area contributed by atoms with Crippen LogP contribution in [0.2, 0.25) is 0 Å². The van der Waals surface area contributed by atoms with Gasteiger partial charge in [0.05, 0.1) is 17.0 Å². The molecule has 0 bridgehead atoms. The van der Waals surface area contributed by atoms with Crippen LogP contribution in [-0.2, 0) is 14.3 Å². The molecular weight excluding hydrogens is 451 g/mol. The van der Waals surface area contributed by atoms with E-state index >= 15 is 4.39 Å². The predicted molar refractivity (Wildman–Crippen MR) is 121 cm³/mol. The molecule has 1 aromatic rings. The maximum atomic E-state index is 15.4. The zero-order valence-electron chi connectivity index (χ0n) is 19.6. The summed E-state index contributed by atoms with van der Waals surface area (Å²) < 4.78 is 26.1. The summed E-state index contributed by atoms with van der Waals surface area (Å²) in [6.07, 6.45) is -6.71. The van der Waals surface area contributed by atoms with Gasteiger partial charge in [0, 0.05) is 5.75 Å². The molecule has 3 rings (SSSR count). The van der Waals surface area contributed by atoms with Crippen LogP contribution in [0.15, 0.2) is 30.3 Å². The van der Waals surface area contributed by atoms with E-state index in [1.54, 1.807) is 71.9 Å². The number of benzene rings is 1. The lowest BCUT2D eigenvalue weighted by molar-refractivity contribution is -0.140. The lowest BCUT2D eigenvalue weighted by Crippen LogP contribution is -2.57. The highest BCUT2D eigenvalue weighted by Crippen LogP contribution is 2.42. The van der Waals surface area contributed by atoms with Crippen molar-refractivity contribution in [2.45, 2.75) is 82.5 Å². The summed E-state index contributed by atoms with van der Waals surface area (Å²) in [5.41, 5.74) is -0.114. The molecule has 2 saturated heterocycles. The second kappa shape index (κ2) is 9.13. The van der Waals surface area contributed by atoms with Crippen LogP contribution in [0.3, 0.4) is 0 Å². The van der Waals surface area contributed by atoms with Gasteiger partial charge in [0.25, 0.3) is 5.91 Å². The van der Waals surface area contributed by atoms with E-state index in [0.29, 0.717) is 10.5 Å². The molecule has 0 aromatic heterocycles. The average Bonchev–Trinajstić information content (AvgIpc) is 3.20. The third kappa shape index (κ3) is 5.11. The van der Waals surface area contributed by atoms with Crippen molar-refractivity contribution in [1.29, 1.82) is 0 Å². The summed E-state index contributed by atoms with van der Waals surface area (Å²) in [5.74, 6) is -0.995. The first-order chi connectivity index (χ1) is 15.2. The molecule has 182 valence electrons. The van der Waals surface area contributed by atoms with E-state index in [4.69, 9.17) is 9.47 Å². The summed E-state index contributed by atoms with van der Waals surface area (Å²) in [4.78, 5) is 39.4. The number of halogens is 1. The number of rotatable bonds is 4. The van der Waals surface area contributed by atoms with E-state index in [1.807, 2.05) is 0 Å². The van der Waals surface area contributed by atoms with Crippen LogP contribution in [0, 0.1) is 0 Å². The minimum atomic E-state index is -2.43. The number of cyclic esters (lactones) is 1. The van der Waals surface area contributed by atoms with Gasteiger partial charge in [-0.05, 0) is 47.1 Å². The third-order valence-electron chi connectivity index (χ3n) is 5.67. The average molecular weight is 483 g/mol. The van der Waals surface area contributed by atoms with Crippen molar-refractivity contribution in [2.75, 3.05) is 5.75 Å². The van der Waals surface area contributed by atoms with Crippen LogP contribution in [0.4, 0.5) is 14.0 Å². The fourth-order valence-electron chi connectivity index (χ4n) is 4.07. The molecule has 0 radical (unpaired) electrons. The number of hydrogen-bond donors (Lipinski definition) is 1. The number of aliphatic hydroxyl groups is 1. The Kier molecular flexibility index (Phi) is 7.00. The zero-order valence-corrected chi connectivity index (χ0v) is 20.5. The standard InChI is InChI=1S/C23H31FN2O6S/c1-13-18(14-10-8-7-9-11-14)31-20(29)25(13)19(28)16(24)17(27)15-12-33-23(5,6)26(15)21(30)32-22(2,3)4/h7-11,13,15-18,27H,12H2,1-6H3/t13-,15-,16-,17+,18-/m0/s1. The first kappa shape index (κ1) is 25.3. The number of imide groups is 1. The summed E-state index contributed by atoms with van der Waals surface area (Å²) in [6, 6.07) is 7.06. The van der Waals surface area contributed by atoms with Crippen molar-refractivity contribution in [3.8, 4) is 0 Å². The van der Waals surface area contributed by atoms with Gasteiger partial charge in [-0.1, -0.05) is 30.3 Å². The third-order valence-corrected chi connectivity index (χ3v) is 7.09. The second-order valence-corrected chi connectivity index (χ2v) is 11.4. The zero-order chi connectivity index (χ0) is 24.7. The van der Waals surface area contributed by atoms with Crippen molar-refractivity contribution in [1.82, 2.24) is 9.80 Å². The Morgan fingerprint density at radius 1 is 1.27 bits per heavy atom. The molecular formula is C23H31FN2O6S. The first-order valence-corrected chi connectivity index (χ1v) is 11.8. The monoisotopic (exact) mass is 482 g/mol. The highest BCUT2D eigenvalue weighted by atomic mass is 32.2. The molecule has 0 aliphatic carbocycles. The van der Waals surface area contributed by atoms with Gasteiger partial charge in [-0.15, -0.1) is 11.8 Å². The summed E-state index contributed by atoms with van der Waals surface area (Å²) in [7, 11) is 0. The Balaban J connectivity index is 1.78. The van der Waals surface area contributed by atoms with Crippen LogP contribution in [-0.4, -0.2) is 73.6 Å². The highest BCUT2D eigenvalue weighted by Gasteiger charge is 2.53. The van der Waals surface area contributed by atoms with Gasteiger partial charge in [0.1, 0.15) is 17.8 Å². The topological polar surface area (TPSA) is 96.4 Å². The molecule has 3 amide bonds. The molecule has 8 nitrogen and oxygen atoms in total. The van der Waals surface area contributed by atoms with Crippen LogP contribution in [0.1, 0.15) is 53.2 Å². The van der Waals surface area contributed by atoms with Crippen molar-refractivity contribution < 1.29 is 33.4 Å². The Morgan fingerprint density at radius 3 is 2.45 bits per heavy atom. The quantitative estimate of drug-likeness (QED) is 0.696. The summed E-state index contributed by atoms with van der Waals surface area (Å²) in [5, 5.41) is 10.8. The van der Waals surface area contributed by atoms with Crippen molar-refractivity contribution in [3.63, 3.8) is 0 Å². The van der Waals surface area contributed by atoms with E-state index in [9.17, 15) is 19.5 Å². The Bertz CT molecular complexity index is 906. The minimum absolute atomic E-state index is 0.202. The van der Waals surface area contributed by atoms with Crippen LogP contribution in [0.25, 0.3) is 0 Å². The molecule has 33 heavy (non-hydrogen) atoms. The van der Waals surface area contributed by atoms with Crippen molar-refractivity contribution in [3.05, 3.63) is 35.9 Å². The second-order valence-electron chi connectivity index (χ2n) is 9.73. The molecule has 2 heterocycles. The van der Waals surface area contributed by atoms with Crippen molar-refractivity contribution in [2.24, 2.45) is 0 Å². The lowest BCUT2D eigenvalue weighted by Gasteiger charge is -2.38. The molecule has 5 atom stereocenters. The highest BCUT2D eigenvalue weighted by molar-refractivity contribution is 8.00. The molecule has 1 aromatic carbocycles. The molecule has 10 heteroatoms. The van der Waals surface area contributed by atoms with E-state index in [-0.39, 0.29) is 5.75 Å².